The van der Waals surface area contributed by atoms with Gasteiger partial charge in [-0.05, 0) is 30.7 Å². The number of hydrogen-bond donors (Lipinski definition) is 1. The molecule has 4 nitrogen and oxygen atoms in total. The summed E-state index contributed by atoms with van der Waals surface area (Å²) in [6.45, 7) is 2.18. The highest BCUT2D eigenvalue weighted by atomic mass is 35.5. The van der Waals surface area contributed by atoms with Crippen molar-refractivity contribution in [2.75, 3.05) is 7.11 Å². The zero-order valence-corrected chi connectivity index (χ0v) is 13.3. The molecule has 0 aliphatic heterocycles. The highest BCUT2D eigenvalue weighted by Crippen LogP contribution is 2.26. The monoisotopic (exact) mass is 325 g/mol. The van der Waals surface area contributed by atoms with Crippen LogP contribution in [-0.4, -0.2) is 15.5 Å². The second-order valence-corrected chi connectivity index (χ2v) is 6.78. The van der Waals surface area contributed by atoms with Gasteiger partial charge in [0.2, 0.25) is 10.0 Å². The Bertz CT molecular complexity index is 727. The maximum atomic E-state index is 12.4. The van der Waals surface area contributed by atoms with Crippen molar-refractivity contribution in [3.8, 4) is 5.75 Å². The summed E-state index contributed by atoms with van der Waals surface area (Å²) in [5.41, 5.74) is 2.00. The Hall–Kier alpha value is -1.56. The first kappa shape index (κ1) is 15.8. The molecule has 2 rings (SSSR count). The van der Waals surface area contributed by atoms with Crippen LogP contribution in [0.5, 0.6) is 5.75 Å². The quantitative estimate of drug-likeness (QED) is 0.918. The molecule has 112 valence electrons. The summed E-state index contributed by atoms with van der Waals surface area (Å²) in [6, 6.07) is 12.1. The van der Waals surface area contributed by atoms with Gasteiger partial charge >= 0.3 is 0 Å². The number of hydrogen-bond acceptors (Lipinski definition) is 3. The van der Waals surface area contributed by atoms with E-state index < -0.39 is 10.0 Å². The van der Waals surface area contributed by atoms with E-state index in [1.807, 2.05) is 31.2 Å². The molecule has 0 aliphatic rings. The summed E-state index contributed by atoms with van der Waals surface area (Å²) in [5.74, 6) is 0.260. The van der Waals surface area contributed by atoms with Gasteiger partial charge < -0.3 is 4.74 Å². The Morgan fingerprint density at radius 1 is 1.14 bits per heavy atom. The van der Waals surface area contributed by atoms with Crippen LogP contribution < -0.4 is 9.46 Å². The maximum Gasteiger partial charge on any atom is 0.244 e. The Labute approximate surface area is 129 Å². The highest BCUT2D eigenvalue weighted by Gasteiger charge is 2.19. The summed E-state index contributed by atoms with van der Waals surface area (Å²) in [6.07, 6.45) is 0. The lowest BCUT2D eigenvalue weighted by molar-refractivity contribution is 0.402. The lowest BCUT2D eigenvalue weighted by Crippen LogP contribution is -2.23. The van der Waals surface area contributed by atoms with Crippen LogP contribution in [0.3, 0.4) is 0 Å². The van der Waals surface area contributed by atoms with Crippen molar-refractivity contribution in [2.24, 2.45) is 0 Å². The third kappa shape index (κ3) is 3.97. The van der Waals surface area contributed by atoms with Gasteiger partial charge in [-0.15, -0.1) is 0 Å². The Balaban J connectivity index is 2.22. The highest BCUT2D eigenvalue weighted by molar-refractivity contribution is 7.89. The molecule has 0 spiro atoms. The third-order valence-electron chi connectivity index (χ3n) is 3.00. The molecule has 1 N–H and O–H groups in total. The van der Waals surface area contributed by atoms with Crippen molar-refractivity contribution < 1.29 is 13.2 Å². The maximum absolute atomic E-state index is 12.4. The summed E-state index contributed by atoms with van der Waals surface area (Å²) in [7, 11) is -2.27. The summed E-state index contributed by atoms with van der Waals surface area (Å²) >= 11 is 5.87. The molecular weight excluding hydrogens is 310 g/mol. The molecule has 0 aromatic heterocycles. The Morgan fingerprint density at radius 3 is 2.43 bits per heavy atom. The normalized spacial score (nSPS) is 11.4. The van der Waals surface area contributed by atoms with E-state index in [-0.39, 0.29) is 17.2 Å². The van der Waals surface area contributed by atoms with Crippen LogP contribution in [0.15, 0.2) is 47.4 Å². The molecule has 2 aromatic carbocycles. The lowest BCUT2D eigenvalue weighted by atomic mass is 10.2. The molecule has 0 saturated carbocycles. The molecule has 0 atom stereocenters. The molecule has 0 heterocycles. The largest absolute Gasteiger partial charge is 0.495 e. The smallest absolute Gasteiger partial charge is 0.244 e. The average Bonchev–Trinajstić information content (AvgIpc) is 2.47. The molecule has 6 heteroatoms. The molecule has 0 fully saturated rings. The van der Waals surface area contributed by atoms with E-state index in [1.54, 1.807) is 6.07 Å². The van der Waals surface area contributed by atoms with Gasteiger partial charge in [-0.1, -0.05) is 41.4 Å². The number of benzene rings is 2. The van der Waals surface area contributed by atoms with Crippen molar-refractivity contribution in [1.82, 2.24) is 4.72 Å². The van der Waals surface area contributed by atoms with Crippen LogP contribution in [0.1, 0.15) is 11.1 Å². The minimum atomic E-state index is -3.69. The lowest BCUT2D eigenvalue weighted by Gasteiger charge is -2.11. The van der Waals surface area contributed by atoms with Crippen LogP contribution in [0.25, 0.3) is 0 Å². The average molecular weight is 326 g/mol. The number of aryl methyl sites for hydroxylation is 1. The van der Waals surface area contributed by atoms with E-state index >= 15 is 0 Å². The van der Waals surface area contributed by atoms with Crippen LogP contribution in [0.4, 0.5) is 0 Å². The molecule has 2 aromatic rings. The number of halogens is 1. The van der Waals surface area contributed by atoms with Gasteiger partial charge in [0.1, 0.15) is 10.6 Å². The number of sulfonamides is 1. The predicted molar refractivity (Wildman–Crippen MR) is 83.2 cm³/mol. The zero-order valence-electron chi connectivity index (χ0n) is 11.8. The van der Waals surface area contributed by atoms with Crippen molar-refractivity contribution >= 4 is 21.6 Å². The number of nitrogens with one attached hydrogen (secondary N) is 1. The van der Waals surface area contributed by atoms with E-state index in [0.29, 0.717) is 5.02 Å². The molecule has 0 amide bonds. The predicted octanol–water partition coefficient (Wildman–Crippen LogP) is 3.14. The van der Waals surface area contributed by atoms with Gasteiger partial charge in [0.05, 0.1) is 7.11 Å². The summed E-state index contributed by atoms with van der Waals surface area (Å²) in [4.78, 5) is 0.0320. The van der Waals surface area contributed by atoms with Crippen molar-refractivity contribution in [2.45, 2.75) is 18.4 Å². The minimum Gasteiger partial charge on any atom is -0.495 e. The van der Waals surface area contributed by atoms with Gasteiger partial charge in [-0.25, -0.2) is 13.1 Å². The van der Waals surface area contributed by atoms with Crippen molar-refractivity contribution in [3.63, 3.8) is 0 Å². The molecule has 0 bridgehead atoms. The summed E-state index contributed by atoms with van der Waals surface area (Å²) < 4.78 is 32.3. The zero-order chi connectivity index (χ0) is 15.5. The van der Waals surface area contributed by atoms with Gasteiger partial charge in [0, 0.05) is 11.6 Å². The first-order valence-electron chi connectivity index (χ1n) is 6.31. The fourth-order valence-corrected chi connectivity index (χ4v) is 3.27. The van der Waals surface area contributed by atoms with Crippen LogP contribution in [-0.2, 0) is 16.6 Å². The van der Waals surface area contributed by atoms with E-state index in [2.05, 4.69) is 4.72 Å². The molecule has 0 unspecified atom stereocenters. The first-order chi connectivity index (χ1) is 9.92. The fourth-order valence-electron chi connectivity index (χ4n) is 1.82. The molecule has 0 aliphatic carbocycles. The van der Waals surface area contributed by atoms with E-state index in [0.717, 1.165) is 11.1 Å². The van der Waals surface area contributed by atoms with Gasteiger partial charge in [-0.3, -0.25) is 0 Å². The third-order valence-corrected chi connectivity index (χ3v) is 4.66. The fraction of sp³-hybridized carbons (Fsp3) is 0.200. The molecule has 0 saturated heterocycles. The van der Waals surface area contributed by atoms with Gasteiger partial charge in [0.25, 0.3) is 0 Å². The van der Waals surface area contributed by atoms with Gasteiger partial charge in [0.15, 0.2) is 0 Å². The van der Waals surface area contributed by atoms with Crippen LogP contribution in [0.2, 0.25) is 5.02 Å². The topological polar surface area (TPSA) is 55.4 Å². The SMILES string of the molecule is COc1ccc(Cl)cc1S(=O)(=O)NCc1ccc(C)cc1. The van der Waals surface area contributed by atoms with Crippen LogP contribution >= 0.6 is 11.6 Å². The van der Waals surface area contributed by atoms with Crippen molar-refractivity contribution in [1.29, 1.82) is 0 Å². The number of rotatable bonds is 5. The Kier molecular flexibility index (Phi) is 4.88. The number of ether oxygens (including phenoxy) is 1. The van der Waals surface area contributed by atoms with E-state index in [4.69, 9.17) is 16.3 Å². The molecule has 0 radical (unpaired) electrons. The molecule has 21 heavy (non-hydrogen) atoms. The summed E-state index contributed by atoms with van der Waals surface area (Å²) in [5, 5.41) is 0.339. The van der Waals surface area contributed by atoms with E-state index in [1.165, 1.54) is 19.2 Å². The van der Waals surface area contributed by atoms with E-state index in [9.17, 15) is 8.42 Å². The standard InChI is InChI=1S/C15H16ClNO3S/c1-11-3-5-12(6-4-11)10-17-21(18,19)15-9-13(16)7-8-14(15)20-2/h3-9,17H,10H2,1-2H3. The second kappa shape index (κ2) is 6.47. The van der Waals surface area contributed by atoms with Gasteiger partial charge in [-0.2, -0.15) is 0 Å². The van der Waals surface area contributed by atoms with Crippen molar-refractivity contribution in [3.05, 3.63) is 58.6 Å². The number of methoxy groups -OCH3 is 1. The second-order valence-electron chi connectivity index (χ2n) is 4.61. The first-order valence-corrected chi connectivity index (χ1v) is 8.17. The minimum absolute atomic E-state index is 0.0320. The Morgan fingerprint density at radius 2 is 1.81 bits per heavy atom. The molecular formula is C15H16ClNO3S. The van der Waals surface area contributed by atoms with Crippen LogP contribution in [0, 0.1) is 6.92 Å².